The van der Waals surface area contributed by atoms with Crippen molar-refractivity contribution in [3.05, 3.63) is 29.8 Å². The van der Waals surface area contributed by atoms with Crippen molar-refractivity contribution < 1.29 is 9.90 Å². The molecule has 1 aromatic carbocycles. The van der Waals surface area contributed by atoms with Crippen LogP contribution in [-0.2, 0) is 11.2 Å². The molecule has 0 aliphatic carbocycles. The lowest BCUT2D eigenvalue weighted by Gasteiger charge is -2.28. The number of carbonyl (C=O) groups is 1. The summed E-state index contributed by atoms with van der Waals surface area (Å²) in [6.45, 7) is 1.25. The summed E-state index contributed by atoms with van der Waals surface area (Å²) in [7, 11) is 0. The summed E-state index contributed by atoms with van der Waals surface area (Å²) < 4.78 is 0. The Morgan fingerprint density at radius 1 is 1.50 bits per heavy atom. The fourth-order valence-electron chi connectivity index (χ4n) is 2.27. The number of aliphatic carboxylic acids is 1. The summed E-state index contributed by atoms with van der Waals surface area (Å²) in [5, 5.41) is 8.84. The SMILES string of the molecule is NCC(CC(=O)O)N1CCc2ccccc21. The van der Waals surface area contributed by atoms with Gasteiger partial charge < -0.3 is 15.7 Å². The average Bonchev–Trinajstić information content (AvgIpc) is 2.69. The van der Waals surface area contributed by atoms with Crippen LogP contribution in [0.15, 0.2) is 24.3 Å². The third-order valence-corrected chi connectivity index (χ3v) is 3.05. The zero-order valence-electron chi connectivity index (χ0n) is 9.10. The van der Waals surface area contributed by atoms with Crippen molar-refractivity contribution in [2.45, 2.75) is 18.9 Å². The number of anilines is 1. The van der Waals surface area contributed by atoms with Gasteiger partial charge in [0.2, 0.25) is 0 Å². The fourth-order valence-corrected chi connectivity index (χ4v) is 2.27. The van der Waals surface area contributed by atoms with Crippen LogP contribution in [0.1, 0.15) is 12.0 Å². The van der Waals surface area contributed by atoms with E-state index in [1.165, 1.54) is 5.56 Å². The lowest BCUT2D eigenvalue weighted by Crippen LogP contribution is -2.41. The van der Waals surface area contributed by atoms with Crippen LogP contribution < -0.4 is 10.6 Å². The quantitative estimate of drug-likeness (QED) is 0.789. The Balaban J connectivity index is 2.19. The molecular weight excluding hydrogens is 204 g/mol. The van der Waals surface area contributed by atoms with Crippen molar-refractivity contribution >= 4 is 11.7 Å². The van der Waals surface area contributed by atoms with Gasteiger partial charge >= 0.3 is 5.97 Å². The van der Waals surface area contributed by atoms with E-state index >= 15 is 0 Å². The Morgan fingerprint density at radius 3 is 2.94 bits per heavy atom. The maximum absolute atomic E-state index is 10.8. The molecule has 1 atom stereocenters. The standard InChI is InChI=1S/C12H16N2O2/c13-8-10(7-12(15)16)14-6-5-9-3-1-2-4-11(9)14/h1-4,10H,5-8,13H2,(H,15,16). The predicted octanol–water partition coefficient (Wildman–Crippen LogP) is 0.851. The van der Waals surface area contributed by atoms with E-state index in [1.54, 1.807) is 0 Å². The van der Waals surface area contributed by atoms with Crippen LogP contribution >= 0.6 is 0 Å². The number of hydrogen-bond donors (Lipinski definition) is 2. The van der Waals surface area contributed by atoms with E-state index in [-0.39, 0.29) is 12.5 Å². The normalized spacial score (nSPS) is 15.9. The highest BCUT2D eigenvalue weighted by Crippen LogP contribution is 2.29. The van der Waals surface area contributed by atoms with Crippen LogP contribution in [0.5, 0.6) is 0 Å². The van der Waals surface area contributed by atoms with Gasteiger partial charge in [0.1, 0.15) is 0 Å². The lowest BCUT2D eigenvalue weighted by molar-refractivity contribution is -0.137. The Bertz CT molecular complexity index is 392. The highest BCUT2D eigenvalue weighted by atomic mass is 16.4. The Morgan fingerprint density at radius 2 is 2.25 bits per heavy atom. The summed E-state index contributed by atoms with van der Waals surface area (Å²) in [4.78, 5) is 12.9. The number of hydrogen-bond acceptors (Lipinski definition) is 3. The number of rotatable bonds is 4. The minimum Gasteiger partial charge on any atom is -0.481 e. The van der Waals surface area contributed by atoms with E-state index in [4.69, 9.17) is 10.8 Å². The summed E-state index contributed by atoms with van der Waals surface area (Å²) in [5.41, 5.74) is 8.07. The Kier molecular flexibility index (Phi) is 3.10. The minimum absolute atomic E-state index is 0.0962. The molecule has 0 spiro atoms. The van der Waals surface area contributed by atoms with Gasteiger partial charge in [-0.2, -0.15) is 0 Å². The van der Waals surface area contributed by atoms with E-state index < -0.39 is 5.97 Å². The van der Waals surface area contributed by atoms with Gasteiger partial charge in [0.25, 0.3) is 0 Å². The second kappa shape index (κ2) is 4.53. The van der Waals surface area contributed by atoms with Gasteiger partial charge in [0.05, 0.1) is 12.5 Å². The maximum atomic E-state index is 10.8. The second-order valence-corrected chi connectivity index (χ2v) is 4.06. The minimum atomic E-state index is -0.792. The molecule has 4 heteroatoms. The summed E-state index contributed by atoms with van der Waals surface area (Å²) in [6.07, 6.45) is 1.08. The van der Waals surface area contributed by atoms with Crippen molar-refractivity contribution in [3.63, 3.8) is 0 Å². The molecule has 2 rings (SSSR count). The highest BCUT2D eigenvalue weighted by Gasteiger charge is 2.26. The molecule has 1 heterocycles. The van der Waals surface area contributed by atoms with Gasteiger partial charge in [-0.15, -0.1) is 0 Å². The van der Waals surface area contributed by atoms with Crippen LogP contribution in [-0.4, -0.2) is 30.2 Å². The zero-order chi connectivity index (χ0) is 11.5. The monoisotopic (exact) mass is 220 g/mol. The Hall–Kier alpha value is -1.55. The lowest BCUT2D eigenvalue weighted by atomic mass is 10.1. The molecule has 0 amide bonds. The van der Waals surface area contributed by atoms with Gasteiger partial charge in [-0.1, -0.05) is 18.2 Å². The number of benzene rings is 1. The molecule has 0 aromatic heterocycles. The number of para-hydroxylation sites is 1. The van der Waals surface area contributed by atoms with Crippen molar-refractivity contribution in [1.29, 1.82) is 0 Å². The van der Waals surface area contributed by atoms with E-state index in [0.717, 1.165) is 18.7 Å². The Labute approximate surface area is 94.7 Å². The highest BCUT2D eigenvalue weighted by molar-refractivity contribution is 5.69. The van der Waals surface area contributed by atoms with Gasteiger partial charge in [0.15, 0.2) is 0 Å². The van der Waals surface area contributed by atoms with E-state index in [2.05, 4.69) is 11.0 Å². The first kappa shape index (κ1) is 11.0. The number of nitrogens with two attached hydrogens (primary N) is 1. The molecular formula is C12H16N2O2. The molecule has 0 fully saturated rings. The first-order valence-electron chi connectivity index (χ1n) is 5.48. The molecule has 4 nitrogen and oxygen atoms in total. The molecule has 1 aromatic rings. The van der Waals surface area contributed by atoms with Crippen LogP contribution in [0.3, 0.4) is 0 Å². The maximum Gasteiger partial charge on any atom is 0.305 e. The summed E-state index contributed by atoms with van der Waals surface area (Å²) in [6, 6.07) is 8.01. The van der Waals surface area contributed by atoms with Gasteiger partial charge in [0, 0.05) is 18.8 Å². The molecule has 0 bridgehead atoms. The molecule has 1 aliphatic rings. The summed E-state index contributed by atoms with van der Waals surface area (Å²) >= 11 is 0. The van der Waals surface area contributed by atoms with Crippen molar-refractivity contribution in [1.82, 2.24) is 0 Å². The summed E-state index contributed by atoms with van der Waals surface area (Å²) in [5.74, 6) is -0.792. The predicted molar refractivity (Wildman–Crippen MR) is 62.6 cm³/mol. The number of fused-ring (bicyclic) bond motifs is 1. The number of carboxylic acids is 1. The van der Waals surface area contributed by atoms with Crippen LogP contribution in [0.25, 0.3) is 0 Å². The molecule has 1 unspecified atom stereocenters. The van der Waals surface area contributed by atoms with E-state index in [0.29, 0.717) is 6.54 Å². The van der Waals surface area contributed by atoms with E-state index in [1.807, 2.05) is 18.2 Å². The number of nitrogens with zero attached hydrogens (tertiary/aromatic N) is 1. The zero-order valence-corrected chi connectivity index (χ0v) is 9.10. The smallest absolute Gasteiger partial charge is 0.305 e. The molecule has 0 radical (unpaired) electrons. The molecule has 0 saturated heterocycles. The van der Waals surface area contributed by atoms with Crippen LogP contribution in [0, 0.1) is 0 Å². The van der Waals surface area contributed by atoms with Crippen molar-refractivity contribution in [2.75, 3.05) is 18.0 Å². The van der Waals surface area contributed by atoms with Gasteiger partial charge in [-0.3, -0.25) is 4.79 Å². The van der Waals surface area contributed by atoms with E-state index in [9.17, 15) is 4.79 Å². The molecule has 1 aliphatic heterocycles. The molecule has 0 saturated carbocycles. The van der Waals surface area contributed by atoms with Crippen LogP contribution in [0.2, 0.25) is 0 Å². The third-order valence-electron chi connectivity index (χ3n) is 3.05. The van der Waals surface area contributed by atoms with Gasteiger partial charge in [-0.05, 0) is 18.1 Å². The number of carboxylic acid groups (broad SMARTS) is 1. The largest absolute Gasteiger partial charge is 0.481 e. The fraction of sp³-hybridized carbons (Fsp3) is 0.417. The average molecular weight is 220 g/mol. The molecule has 86 valence electrons. The van der Waals surface area contributed by atoms with Crippen LogP contribution in [0.4, 0.5) is 5.69 Å². The van der Waals surface area contributed by atoms with Crippen molar-refractivity contribution in [3.8, 4) is 0 Å². The first-order valence-corrected chi connectivity index (χ1v) is 5.48. The first-order chi connectivity index (χ1) is 7.72. The molecule has 16 heavy (non-hydrogen) atoms. The molecule has 3 N–H and O–H groups in total. The van der Waals surface area contributed by atoms with Crippen molar-refractivity contribution in [2.24, 2.45) is 5.73 Å². The second-order valence-electron chi connectivity index (χ2n) is 4.06. The topological polar surface area (TPSA) is 66.6 Å². The van der Waals surface area contributed by atoms with Gasteiger partial charge in [-0.25, -0.2) is 0 Å². The third kappa shape index (κ3) is 2.02.